The Hall–Kier alpha value is -3.74. The van der Waals surface area contributed by atoms with Crippen molar-refractivity contribution in [2.45, 2.75) is 11.8 Å². The van der Waals surface area contributed by atoms with Crippen molar-refractivity contribution in [3.8, 4) is 6.01 Å². The van der Waals surface area contributed by atoms with E-state index in [1.165, 1.54) is 26.2 Å². The number of H-pyrrole nitrogens is 1. The van der Waals surface area contributed by atoms with Gasteiger partial charge in [0.2, 0.25) is 5.95 Å². The van der Waals surface area contributed by atoms with Gasteiger partial charge in [0.25, 0.3) is 10.0 Å². The molecule has 0 aliphatic carbocycles. The molecule has 2 heterocycles. The highest BCUT2D eigenvalue weighted by Crippen LogP contribution is 2.27. The molecule has 0 fully saturated rings. The summed E-state index contributed by atoms with van der Waals surface area (Å²) in [4.78, 5) is 37.0. The highest BCUT2D eigenvalue weighted by atomic mass is 32.2. The number of carbonyl (C=O) groups excluding carboxylic acids is 1. The third-order valence-electron chi connectivity index (χ3n) is 3.50. The predicted molar refractivity (Wildman–Crippen MR) is 95.7 cm³/mol. The molecule has 0 spiro atoms. The van der Waals surface area contributed by atoms with Crippen LogP contribution in [0.25, 0.3) is 10.9 Å². The van der Waals surface area contributed by atoms with Gasteiger partial charge in [-0.15, -0.1) is 0 Å². The van der Waals surface area contributed by atoms with E-state index in [0.29, 0.717) is 5.52 Å². The first-order valence-corrected chi connectivity index (χ1v) is 9.14. The molecule has 12 nitrogen and oxygen atoms in total. The minimum Gasteiger partial charge on any atom is -0.477 e. The Morgan fingerprint density at radius 2 is 1.89 bits per heavy atom. The molecule has 0 aliphatic rings. The summed E-state index contributed by atoms with van der Waals surface area (Å²) < 4.78 is 32.0. The second-order valence-electron chi connectivity index (χ2n) is 5.43. The molecule has 0 radical (unpaired) electrons. The topological polar surface area (TPSA) is 176 Å². The number of benzene rings is 1. The Morgan fingerprint density at radius 1 is 1.18 bits per heavy atom. The summed E-state index contributed by atoms with van der Waals surface area (Å²) >= 11 is 0. The molecule has 13 heteroatoms. The fourth-order valence-corrected chi connectivity index (χ4v) is 3.72. The molecule has 3 rings (SSSR count). The molecular weight excluding hydrogens is 392 g/mol. The number of para-hydroxylation sites is 1. The number of nitrogens with zero attached hydrogens (tertiary/aromatic N) is 3. The minimum atomic E-state index is -4.54. The minimum absolute atomic E-state index is 0.0737. The molecular formula is C15H14N6O6S. The molecule has 3 aromatic rings. The second kappa shape index (κ2) is 7.11. The van der Waals surface area contributed by atoms with E-state index >= 15 is 0 Å². The van der Waals surface area contributed by atoms with Gasteiger partial charge < -0.3 is 14.8 Å². The molecule has 0 saturated carbocycles. The van der Waals surface area contributed by atoms with Gasteiger partial charge in [0, 0.05) is 10.9 Å². The number of sulfonamides is 1. The summed E-state index contributed by atoms with van der Waals surface area (Å²) in [6, 6.07) is 4.83. The quantitative estimate of drug-likeness (QED) is 0.479. The van der Waals surface area contributed by atoms with Gasteiger partial charge in [-0.25, -0.2) is 22.7 Å². The lowest BCUT2D eigenvalue weighted by Crippen LogP contribution is -2.35. The van der Waals surface area contributed by atoms with Crippen molar-refractivity contribution in [2.75, 3.05) is 12.4 Å². The van der Waals surface area contributed by atoms with Crippen LogP contribution < -0.4 is 14.8 Å². The van der Waals surface area contributed by atoms with Crippen molar-refractivity contribution in [3.63, 3.8) is 0 Å². The predicted octanol–water partition coefficient (Wildman–Crippen LogP) is 0.879. The van der Waals surface area contributed by atoms with Crippen LogP contribution in [0.1, 0.15) is 16.3 Å². The molecule has 2 amide bonds. The van der Waals surface area contributed by atoms with Gasteiger partial charge in [-0.1, -0.05) is 18.2 Å². The van der Waals surface area contributed by atoms with Gasteiger partial charge in [0.05, 0.1) is 7.11 Å². The highest BCUT2D eigenvalue weighted by molar-refractivity contribution is 7.90. The number of hydrogen-bond acceptors (Lipinski definition) is 8. The lowest BCUT2D eigenvalue weighted by Gasteiger charge is -2.09. The van der Waals surface area contributed by atoms with Crippen LogP contribution in [0.5, 0.6) is 6.01 Å². The average molecular weight is 406 g/mol. The maximum atomic E-state index is 12.7. The SMILES string of the molecule is COc1nc(C)nc(NC(=O)NS(=O)(=O)c2c(C(=O)O)[nH]c3ccccc23)n1. The zero-order valence-corrected chi connectivity index (χ0v) is 15.4. The number of carbonyl (C=O) groups is 2. The number of aromatic amines is 1. The largest absolute Gasteiger partial charge is 0.477 e. The lowest BCUT2D eigenvalue weighted by atomic mass is 10.2. The second-order valence-corrected chi connectivity index (χ2v) is 7.05. The molecule has 0 unspecified atom stereocenters. The Balaban J connectivity index is 1.93. The standard InChI is InChI=1S/C15H14N6O6S/c1-7-16-13(20-15(17-7)27-2)19-14(24)21-28(25,26)11-8-5-3-4-6-9(8)18-10(11)12(22)23/h3-6,18H,1-2H3,(H,22,23)(H2,16,17,19,20,21,24). The smallest absolute Gasteiger partial charge is 0.353 e. The first-order chi connectivity index (χ1) is 13.2. The third kappa shape index (κ3) is 3.68. The molecule has 0 bridgehead atoms. The molecule has 28 heavy (non-hydrogen) atoms. The first kappa shape index (κ1) is 19.0. The molecule has 0 atom stereocenters. The Morgan fingerprint density at radius 3 is 2.57 bits per heavy atom. The van der Waals surface area contributed by atoms with Gasteiger partial charge in [-0.05, 0) is 13.0 Å². The third-order valence-corrected chi connectivity index (χ3v) is 4.92. The Labute approximate surface area is 158 Å². The number of hydrogen-bond donors (Lipinski definition) is 4. The maximum absolute atomic E-state index is 12.7. The van der Waals surface area contributed by atoms with Crippen LogP contribution in [0.15, 0.2) is 29.2 Å². The van der Waals surface area contributed by atoms with Gasteiger partial charge in [0.1, 0.15) is 16.4 Å². The van der Waals surface area contributed by atoms with E-state index in [1.807, 2.05) is 0 Å². The zero-order valence-electron chi connectivity index (χ0n) is 14.5. The van der Waals surface area contributed by atoms with Crippen LogP contribution in [0.2, 0.25) is 0 Å². The number of amides is 2. The molecule has 0 saturated heterocycles. The monoisotopic (exact) mass is 406 g/mol. The van der Waals surface area contributed by atoms with E-state index in [1.54, 1.807) is 16.9 Å². The number of aryl methyl sites for hydroxylation is 1. The number of fused-ring (bicyclic) bond motifs is 1. The molecule has 2 aromatic heterocycles. The van der Waals surface area contributed by atoms with Crippen LogP contribution in [0.4, 0.5) is 10.7 Å². The van der Waals surface area contributed by atoms with Gasteiger partial charge in [-0.2, -0.15) is 15.0 Å². The van der Waals surface area contributed by atoms with Crippen LogP contribution in [-0.2, 0) is 10.0 Å². The summed E-state index contributed by atoms with van der Waals surface area (Å²) in [5.74, 6) is -1.50. The summed E-state index contributed by atoms with van der Waals surface area (Å²) in [6.07, 6.45) is 0. The normalized spacial score (nSPS) is 11.2. The van der Waals surface area contributed by atoms with Crippen LogP contribution in [-0.4, -0.2) is 52.6 Å². The van der Waals surface area contributed by atoms with E-state index in [2.05, 4.69) is 25.3 Å². The molecule has 4 N–H and O–H groups in total. The number of nitrogens with one attached hydrogen (secondary N) is 3. The van der Waals surface area contributed by atoms with E-state index < -0.39 is 32.6 Å². The zero-order chi connectivity index (χ0) is 20.5. The molecule has 0 aliphatic heterocycles. The Kier molecular flexibility index (Phi) is 4.83. The number of aromatic carboxylic acids is 1. The summed E-state index contributed by atoms with van der Waals surface area (Å²) in [7, 11) is -3.23. The van der Waals surface area contributed by atoms with Crippen molar-refractivity contribution in [1.82, 2.24) is 24.7 Å². The van der Waals surface area contributed by atoms with Gasteiger partial charge in [0.15, 0.2) is 0 Å². The number of anilines is 1. The number of carboxylic acid groups (broad SMARTS) is 1. The van der Waals surface area contributed by atoms with Crippen LogP contribution in [0.3, 0.4) is 0 Å². The van der Waals surface area contributed by atoms with Crippen molar-refractivity contribution >= 4 is 38.9 Å². The van der Waals surface area contributed by atoms with Gasteiger partial charge in [-0.3, -0.25) is 5.32 Å². The van der Waals surface area contributed by atoms with Crippen molar-refractivity contribution in [3.05, 3.63) is 35.8 Å². The highest BCUT2D eigenvalue weighted by Gasteiger charge is 2.29. The fourth-order valence-electron chi connectivity index (χ4n) is 2.45. The number of methoxy groups -OCH3 is 1. The number of rotatable bonds is 5. The molecule has 1 aromatic carbocycles. The maximum Gasteiger partial charge on any atom is 0.353 e. The van der Waals surface area contributed by atoms with Crippen LogP contribution >= 0.6 is 0 Å². The van der Waals surface area contributed by atoms with E-state index in [4.69, 9.17) is 4.74 Å². The number of ether oxygens (including phenoxy) is 1. The lowest BCUT2D eigenvalue weighted by molar-refractivity contribution is 0.0687. The first-order valence-electron chi connectivity index (χ1n) is 7.65. The summed E-state index contributed by atoms with van der Waals surface area (Å²) in [5, 5.41) is 11.6. The summed E-state index contributed by atoms with van der Waals surface area (Å²) in [6.45, 7) is 1.52. The Bertz CT molecular complexity index is 1190. The molecule has 146 valence electrons. The van der Waals surface area contributed by atoms with E-state index in [9.17, 15) is 23.1 Å². The number of urea groups is 1. The van der Waals surface area contributed by atoms with Gasteiger partial charge >= 0.3 is 18.0 Å². The van der Waals surface area contributed by atoms with E-state index in [-0.39, 0.29) is 23.2 Å². The van der Waals surface area contributed by atoms with Crippen molar-refractivity contribution < 1.29 is 27.9 Å². The van der Waals surface area contributed by atoms with E-state index in [0.717, 1.165) is 0 Å². The average Bonchev–Trinajstić information content (AvgIpc) is 3.01. The van der Waals surface area contributed by atoms with Crippen molar-refractivity contribution in [1.29, 1.82) is 0 Å². The number of carboxylic acids is 1. The number of aromatic nitrogens is 4. The fraction of sp³-hybridized carbons (Fsp3) is 0.133. The van der Waals surface area contributed by atoms with Crippen molar-refractivity contribution in [2.24, 2.45) is 0 Å². The summed E-state index contributed by atoms with van der Waals surface area (Å²) in [5.41, 5.74) is -0.280. The van der Waals surface area contributed by atoms with Crippen LogP contribution in [0, 0.1) is 6.92 Å².